The first-order chi connectivity index (χ1) is 14.8. The maximum Gasteiger partial charge on any atom is 0.277 e. The number of aliphatic hydroxyl groups excluding tert-OH is 2. The third-order valence-corrected chi connectivity index (χ3v) is 5.77. The highest BCUT2D eigenvalue weighted by molar-refractivity contribution is 5.94. The number of hydrogen-bond donors (Lipinski definition) is 2. The van der Waals surface area contributed by atoms with Gasteiger partial charge in [-0.15, -0.1) is 0 Å². The van der Waals surface area contributed by atoms with Gasteiger partial charge in [0.15, 0.2) is 0 Å². The molecular weight excluding hydrogens is 396 g/mol. The number of hydrogen-bond acceptors (Lipinski definition) is 5. The lowest BCUT2D eigenvalue weighted by Crippen LogP contribution is -2.46. The van der Waals surface area contributed by atoms with E-state index in [1.54, 1.807) is 23.1 Å². The minimum atomic E-state index is -0.617. The van der Waals surface area contributed by atoms with Gasteiger partial charge in [0.2, 0.25) is 5.91 Å². The number of likely N-dealkylation sites (tertiary alicyclic amines) is 1. The number of rotatable bonds is 6. The molecule has 0 radical (unpaired) electrons. The third kappa shape index (κ3) is 5.00. The highest BCUT2D eigenvalue weighted by Gasteiger charge is 2.29. The summed E-state index contributed by atoms with van der Waals surface area (Å²) in [4.78, 5) is 25.7. The maximum atomic E-state index is 12.7. The van der Waals surface area contributed by atoms with Crippen molar-refractivity contribution < 1.29 is 19.9 Å². The first-order valence-electron chi connectivity index (χ1n) is 10.5. The average molecular weight is 424 g/mol. The van der Waals surface area contributed by atoms with Gasteiger partial charge in [-0.25, -0.2) is 0 Å². The van der Waals surface area contributed by atoms with E-state index in [4.69, 9.17) is 0 Å². The molecule has 2 aromatic carbocycles. The highest BCUT2D eigenvalue weighted by atomic mass is 16.6. The zero-order valence-corrected chi connectivity index (χ0v) is 17.8. The summed E-state index contributed by atoms with van der Waals surface area (Å²) in [5, 5.41) is 31.1. The van der Waals surface area contributed by atoms with Crippen molar-refractivity contribution >= 4 is 17.7 Å². The third-order valence-electron chi connectivity index (χ3n) is 5.77. The van der Waals surface area contributed by atoms with E-state index in [2.05, 4.69) is 0 Å². The summed E-state index contributed by atoms with van der Waals surface area (Å²) in [5.41, 5.74) is 2.84. The highest BCUT2D eigenvalue weighted by Crippen LogP contribution is 2.38. The van der Waals surface area contributed by atoms with Crippen LogP contribution in [0.4, 0.5) is 5.69 Å². The van der Waals surface area contributed by atoms with Crippen LogP contribution < -0.4 is 0 Å². The molecule has 1 amide bonds. The van der Waals surface area contributed by atoms with Gasteiger partial charge < -0.3 is 15.1 Å². The van der Waals surface area contributed by atoms with Crippen molar-refractivity contribution in [3.8, 4) is 11.1 Å². The molecule has 2 unspecified atom stereocenters. The SMILES string of the molecule is CC(C)c1ccccc1-c1c(/C=C/C(=O)N2CCC(O)C(CO)C2)cccc1[N+](=O)[O-]. The Balaban J connectivity index is 1.98. The van der Waals surface area contributed by atoms with Crippen LogP contribution in [-0.4, -0.2) is 51.7 Å². The molecule has 7 nitrogen and oxygen atoms in total. The molecule has 2 atom stereocenters. The largest absolute Gasteiger partial charge is 0.396 e. The fraction of sp³-hybridized carbons (Fsp3) is 0.375. The monoisotopic (exact) mass is 424 g/mol. The lowest BCUT2D eigenvalue weighted by atomic mass is 9.89. The van der Waals surface area contributed by atoms with Crippen LogP contribution in [0.3, 0.4) is 0 Å². The number of carbonyl (C=O) groups excluding carboxylic acids is 1. The molecule has 0 aliphatic carbocycles. The Kier molecular flexibility index (Phi) is 7.20. The van der Waals surface area contributed by atoms with E-state index in [0.29, 0.717) is 24.1 Å². The van der Waals surface area contributed by atoms with Gasteiger partial charge in [-0.2, -0.15) is 0 Å². The molecule has 0 bridgehead atoms. The predicted molar refractivity (Wildman–Crippen MR) is 119 cm³/mol. The molecule has 0 saturated carbocycles. The van der Waals surface area contributed by atoms with Crippen molar-refractivity contribution in [3.05, 3.63) is 69.8 Å². The van der Waals surface area contributed by atoms with E-state index in [0.717, 1.165) is 11.1 Å². The summed E-state index contributed by atoms with van der Waals surface area (Å²) in [7, 11) is 0. The Morgan fingerprint density at radius 2 is 2.00 bits per heavy atom. The molecule has 2 N–H and O–H groups in total. The van der Waals surface area contributed by atoms with Crippen molar-refractivity contribution in [2.75, 3.05) is 19.7 Å². The predicted octanol–water partition coefficient (Wildman–Crippen LogP) is 3.60. The molecule has 1 fully saturated rings. The average Bonchev–Trinajstić information content (AvgIpc) is 2.77. The molecule has 1 aliphatic heterocycles. The van der Waals surface area contributed by atoms with Gasteiger partial charge in [0.1, 0.15) is 0 Å². The van der Waals surface area contributed by atoms with Crippen molar-refractivity contribution in [2.45, 2.75) is 32.3 Å². The lowest BCUT2D eigenvalue weighted by molar-refractivity contribution is -0.384. The van der Waals surface area contributed by atoms with Crippen LogP contribution in [0.25, 0.3) is 17.2 Å². The van der Waals surface area contributed by atoms with Gasteiger partial charge in [-0.1, -0.05) is 50.2 Å². The number of piperidine rings is 1. The number of benzene rings is 2. The minimum Gasteiger partial charge on any atom is -0.396 e. The summed E-state index contributed by atoms with van der Waals surface area (Å²) in [6, 6.07) is 12.4. The zero-order chi connectivity index (χ0) is 22.5. The van der Waals surface area contributed by atoms with Gasteiger partial charge in [-0.3, -0.25) is 14.9 Å². The normalized spacial score (nSPS) is 19.2. The standard InChI is InChI=1S/C24H28N2O5/c1-16(2)19-7-3-4-8-20(19)24-17(6-5-9-21(24)26(30)31)10-11-23(29)25-13-12-22(28)18(14-25)15-27/h3-11,16,18,22,27-28H,12-15H2,1-2H3/b11-10+. The molecule has 1 aliphatic rings. The van der Waals surface area contributed by atoms with Crippen molar-refractivity contribution in [3.63, 3.8) is 0 Å². The van der Waals surface area contributed by atoms with Gasteiger partial charge in [0.25, 0.3) is 5.69 Å². The molecule has 1 heterocycles. The zero-order valence-electron chi connectivity index (χ0n) is 17.8. The number of aliphatic hydroxyl groups is 2. The lowest BCUT2D eigenvalue weighted by Gasteiger charge is -2.34. The van der Waals surface area contributed by atoms with Gasteiger partial charge in [0.05, 0.1) is 23.2 Å². The van der Waals surface area contributed by atoms with Crippen molar-refractivity contribution in [1.29, 1.82) is 0 Å². The summed E-state index contributed by atoms with van der Waals surface area (Å²) >= 11 is 0. The molecule has 0 spiro atoms. The van der Waals surface area contributed by atoms with Crippen molar-refractivity contribution in [1.82, 2.24) is 4.90 Å². The molecule has 1 saturated heterocycles. The van der Waals surface area contributed by atoms with Crippen LogP contribution in [0.1, 0.15) is 37.3 Å². The molecule has 3 rings (SSSR count). The Labute approximate surface area is 181 Å². The Bertz CT molecular complexity index is 986. The number of amides is 1. The Hall–Kier alpha value is -3.03. The summed E-state index contributed by atoms with van der Waals surface area (Å²) in [5.74, 6) is -0.443. The van der Waals surface area contributed by atoms with Crippen LogP contribution >= 0.6 is 0 Å². The second kappa shape index (κ2) is 9.85. The first-order valence-corrected chi connectivity index (χ1v) is 10.5. The van der Waals surface area contributed by atoms with Gasteiger partial charge >= 0.3 is 0 Å². The second-order valence-electron chi connectivity index (χ2n) is 8.16. The topological polar surface area (TPSA) is 104 Å². The molecule has 164 valence electrons. The first kappa shape index (κ1) is 22.7. The fourth-order valence-electron chi connectivity index (χ4n) is 4.04. The van der Waals surface area contributed by atoms with E-state index in [1.807, 2.05) is 38.1 Å². The van der Waals surface area contributed by atoms with E-state index in [-0.39, 0.29) is 36.6 Å². The van der Waals surface area contributed by atoms with E-state index >= 15 is 0 Å². The van der Waals surface area contributed by atoms with Crippen LogP contribution in [0.2, 0.25) is 0 Å². The summed E-state index contributed by atoms with van der Waals surface area (Å²) in [6.45, 7) is 4.57. The van der Waals surface area contributed by atoms with Crippen molar-refractivity contribution in [2.24, 2.45) is 5.92 Å². The molecule has 2 aromatic rings. The maximum absolute atomic E-state index is 12.7. The number of nitrogens with zero attached hydrogens (tertiary/aromatic N) is 2. The number of carbonyl (C=O) groups is 1. The van der Waals surface area contributed by atoms with E-state index in [1.165, 1.54) is 12.1 Å². The molecule has 0 aromatic heterocycles. The summed E-state index contributed by atoms with van der Waals surface area (Å²) < 4.78 is 0. The fourth-order valence-corrected chi connectivity index (χ4v) is 4.04. The smallest absolute Gasteiger partial charge is 0.277 e. The Morgan fingerprint density at radius 1 is 1.26 bits per heavy atom. The van der Waals surface area contributed by atoms with Gasteiger partial charge in [-0.05, 0) is 35.1 Å². The van der Waals surface area contributed by atoms with Gasteiger partial charge in [0, 0.05) is 31.1 Å². The second-order valence-corrected chi connectivity index (χ2v) is 8.16. The molecule has 31 heavy (non-hydrogen) atoms. The number of nitro benzene ring substituents is 1. The van der Waals surface area contributed by atoms with E-state index in [9.17, 15) is 25.1 Å². The minimum absolute atomic E-state index is 0.0101. The quantitative estimate of drug-likeness (QED) is 0.419. The van der Waals surface area contributed by atoms with Crippen LogP contribution in [0, 0.1) is 16.0 Å². The summed E-state index contributed by atoms with van der Waals surface area (Å²) in [6.07, 6.45) is 2.82. The van der Waals surface area contributed by atoms with Crippen LogP contribution in [0.15, 0.2) is 48.5 Å². The van der Waals surface area contributed by atoms with E-state index < -0.39 is 11.0 Å². The van der Waals surface area contributed by atoms with Crippen LogP contribution in [0.5, 0.6) is 0 Å². The van der Waals surface area contributed by atoms with Crippen LogP contribution in [-0.2, 0) is 4.79 Å². The molecular formula is C24H28N2O5. The molecule has 7 heteroatoms. The Morgan fingerprint density at radius 3 is 2.68 bits per heavy atom. The number of nitro groups is 1.